The van der Waals surface area contributed by atoms with Gasteiger partial charge in [-0.2, -0.15) is 0 Å². The highest BCUT2D eigenvalue weighted by Gasteiger charge is 2.32. The first-order valence-corrected chi connectivity index (χ1v) is 9.28. The monoisotopic (exact) mass is 381 g/mol. The predicted molar refractivity (Wildman–Crippen MR) is 114 cm³/mol. The molecule has 0 saturated heterocycles. The number of nitrogens with zero attached hydrogens (tertiary/aromatic N) is 2. The number of carbonyl (C=O) groups excluding carboxylic acids is 2. The number of carbonyl (C=O) groups is 2. The maximum atomic E-state index is 13.0. The van der Waals surface area contributed by atoms with Crippen molar-refractivity contribution in [3.8, 4) is 0 Å². The summed E-state index contributed by atoms with van der Waals surface area (Å²) in [6, 6.07) is 28.1. The molecule has 1 aliphatic heterocycles. The van der Waals surface area contributed by atoms with Crippen molar-refractivity contribution < 1.29 is 9.59 Å². The molecule has 142 valence electrons. The molecule has 0 unspecified atom stereocenters. The van der Waals surface area contributed by atoms with Crippen molar-refractivity contribution in [1.82, 2.24) is 4.90 Å². The van der Waals surface area contributed by atoms with E-state index in [0.717, 1.165) is 11.1 Å². The lowest BCUT2D eigenvalue weighted by atomic mass is 10.2. The van der Waals surface area contributed by atoms with Gasteiger partial charge in [0.25, 0.3) is 5.91 Å². The number of hydrogen-bond acceptors (Lipinski definition) is 3. The summed E-state index contributed by atoms with van der Waals surface area (Å²) in [6.07, 6.45) is 1.74. The number of amides is 2. The van der Waals surface area contributed by atoms with Gasteiger partial charge >= 0.3 is 0 Å². The Balaban J connectivity index is 1.62. The van der Waals surface area contributed by atoms with E-state index in [-0.39, 0.29) is 18.4 Å². The number of benzene rings is 3. The molecular weight excluding hydrogens is 362 g/mol. The van der Waals surface area contributed by atoms with Crippen LogP contribution in [0.25, 0.3) is 6.08 Å². The number of anilines is 1. The van der Waals surface area contributed by atoms with Crippen molar-refractivity contribution in [3.05, 3.63) is 108 Å². The SMILES string of the molecule is O=C(CN1C(=O)/C(=C/c2ccccc2)N=C1c1ccccc1)Nc1ccccc1. The van der Waals surface area contributed by atoms with Gasteiger partial charge in [-0.05, 0) is 23.8 Å². The largest absolute Gasteiger partial charge is 0.325 e. The van der Waals surface area contributed by atoms with Gasteiger partial charge in [0.15, 0.2) is 0 Å². The van der Waals surface area contributed by atoms with Gasteiger partial charge in [0.05, 0.1) is 0 Å². The molecule has 0 bridgehead atoms. The lowest BCUT2D eigenvalue weighted by Crippen LogP contribution is -2.39. The van der Waals surface area contributed by atoms with Crippen LogP contribution < -0.4 is 5.32 Å². The van der Waals surface area contributed by atoms with E-state index < -0.39 is 0 Å². The molecule has 5 heteroatoms. The Morgan fingerprint density at radius 2 is 1.45 bits per heavy atom. The Morgan fingerprint density at radius 3 is 2.10 bits per heavy atom. The minimum Gasteiger partial charge on any atom is -0.325 e. The molecule has 2 amide bonds. The zero-order valence-corrected chi connectivity index (χ0v) is 15.7. The van der Waals surface area contributed by atoms with E-state index in [1.807, 2.05) is 78.9 Å². The van der Waals surface area contributed by atoms with E-state index in [9.17, 15) is 9.59 Å². The second-order valence-electron chi connectivity index (χ2n) is 6.55. The summed E-state index contributed by atoms with van der Waals surface area (Å²) in [6.45, 7) is -0.117. The van der Waals surface area contributed by atoms with E-state index in [4.69, 9.17) is 0 Å². The summed E-state index contributed by atoms with van der Waals surface area (Å²) in [7, 11) is 0. The number of nitrogens with one attached hydrogen (secondary N) is 1. The minimum atomic E-state index is -0.295. The summed E-state index contributed by atoms with van der Waals surface area (Å²) in [5.41, 5.74) is 2.65. The molecule has 0 radical (unpaired) electrons. The van der Waals surface area contributed by atoms with Crippen LogP contribution in [0.5, 0.6) is 0 Å². The maximum absolute atomic E-state index is 13.0. The zero-order valence-electron chi connectivity index (χ0n) is 15.7. The number of para-hydroxylation sites is 1. The van der Waals surface area contributed by atoms with Gasteiger partial charge in [0.1, 0.15) is 18.1 Å². The van der Waals surface area contributed by atoms with E-state index in [1.165, 1.54) is 4.90 Å². The summed E-state index contributed by atoms with van der Waals surface area (Å²) in [5.74, 6) is -0.106. The fraction of sp³-hybridized carbons (Fsp3) is 0.0417. The quantitative estimate of drug-likeness (QED) is 0.680. The normalized spacial score (nSPS) is 14.8. The Morgan fingerprint density at radius 1 is 0.862 bits per heavy atom. The molecule has 0 spiro atoms. The van der Waals surface area contributed by atoms with Crippen LogP contribution >= 0.6 is 0 Å². The Bertz CT molecular complexity index is 1070. The third-order valence-electron chi connectivity index (χ3n) is 4.44. The van der Waals surface area contributed by atoms with E-state index in [0.29, 0.717) is 17.2 Å². The molecule has 3 aromatic carbocycles. The molecule has 0 atom stereocenters. The molecule has 0 aliphatic carbocycles. The van der Waals surface area contributed by atoms with Gasteiger partial charge in [0.2, 0.25) is 5.91 Å². The summed E-state index contributed by atoms with van der Waals surface area (Å²) in [4.78, 5) is 31.6. The number of amidine groups is 1. The van der Waals surface area contributed by atoms with Crippen molar-refractivity contribution in [3.63, 3.8) is 0 Å². The van der Waals surface area contributed by atoms with E-state index in [2.05, 4.69) is 10.3 Å². The van der Waals surface area contributed by atoms with Gasteiger partial charge in [-0.25, -0.2) is 4.99 Å². The highest BCUT2D eigenvalue weighted by atomic mass is 16.2. The average Bonchev–Trinajstić information content (AvgIpc) is 3.05. The lowest BCUT2D eigenvalue weighted by molar-refractivity contribution is -0.126. The lowest BCUT2D eigenvalue weighted by Gasteiger charge is -2.18. The molecular formula is C24H19N3O2. The Kier molecular flexibility index (Phi) is 5.29. The first-order valence-electron chi connectivity index (χ1n) is 9.28. The van der Waals surface area contributed by atoms with Gasteiger partial charge in [-0.1, -0.05) is 78.9 Å². The maximum Gasteiger partial charge on any atom is 0.278 e. The Labute approximate surface area is 169 Å². The first-order chi connectivity index (χ1) is 14.2. The van der Waals surface area contributed by atoms with Crippen molar-refractivity contribution in [2.75, 3.05) is 11.9 Å². The van der Waals surface area contributed by atoms with Gasteiger partial charge in [-0.3, -0.25) is 14.5 Å². The highest BCUT2D eigenvalue weighted by molar-refractivity contribution is 6.21. The van der Waals surface area contributed by atoms with Crippen LogP contribution in [0, 0.1) is 0 Å². The van der Waals surface area contributed by atoms with Crippen LogP contribution in [-0.4, -0.2) is 29.1 Å². The molecule has 4 rings (SSSR count). The molecule has 3 aromatic rings. The zero-order chi connectivity index (χ0) is 20.1. The van der Waals surface area contributed by atoms with Crippen molar-refractivity contribution in [2.24, 2.45) is 4.99 Å². The Hall–Kier alpha value is -3.99. The third-order valence-corrected chi connectivity index (χ3v) is 4.44. The molecule has 1 heterocycles. The van der Waals surface area contributed by atoms with Crippen LogP contribution in [0.15, 0.2) is 102 Å². The summed E-state index contributed by atoms with van der Waals surface area (Å²) < 4.78 is 0. The van der Waals surface area contributed by atoms with Crippen LogP contribution in [0.2, 0.25) is 0 Å². The fourth-order valence-corrected chi connectivity index (χ4v) is 3.08. The van der Waals surface area contributed by atoms with Crippen molar-refractivity contribution in [1.29, 1.82) is 0 Å². The predicted octanol–water partition coefficient (Wildman–Crippen LogP) is 3.96. The fourth-order valence-electron chi connectivity index (χ4n) is 3.08. The topological polar surface area (TPSA) is 61.8 Å². The van der Waals surface area contributed by atoms with Crippen molar-refractivity contribution >= 4 is 29.4 Å². The molecule has 0 fully saturated rings. The molecule has 1 N–H and O–H groups in total. The smallest absolute Gasteiger partial charge is 0.278 e. The average molecular weight is 381 g/mol. The summed E-state index contributed by atoms with van der Waals surface area (Å²) in [5, 5.41) is 2.82. The van der Waals surface area contributed by atoms with Crippen LogP contribution in [-0.2, 0) is 9.59 Å². The van der Waals surface area contributed by atoms with Crippen LogP contribution in [0.1, 0.15) is 11.1 Å². The highest BCUT2D eigenvalue weighted by Crippen LogP contribution is 2.22. The summed E-state index contributed by atoms with van der Waals surface area (Å²) >= 11 is 0. The van der Waals surface area contributed by atoms with E-state index >= 15 is 0 Å². The molecule has 0 saturated carbocycles. The molecule has 0 aromatic heterocycles. The van der Waals surface area contributed by atoms with Crippen LogP contribution in [0.4, 0.5) is 5.69 Å². The van der Waals surface area contributed by atoms with Crippen LogP contribution in [0.3, 0.4) is 0 Å². The standard InChI is InChI=1S/C24H19N3O2/c28-22(25-20-14-8-3-9-15-20)17-27-23(19-12-6-2-7-13-19)26-21(24(27)29)16-18-10-4-1-5-11-18/h1-16H,17H2,(H,25,28)/b21-16-. The number of rotatable bonds is 5. The molecule has 29 heavy (non-hydrogen) atoms. The number of hydrogen-bond donors (Lipinski definition) is 1. The minimum absolute atomic E-state index is 0.117. The second-order valence-corrected chi connectivity index (χ2v) is 6.55. The van der Waals surface area contributed by atoms with Crippen molar-refractivity contribution in [2.45, 2.75) is 0 Å². The second kappa shape index (κ2) is 8.35. The first kappa shape index (κ1) is 18.4. The van der Waals surface area contributed by atoms with Gasteiger partial charge < -0.3 is 5.32 Å². The molecule has 1 aliphatic rings. The number of aliphatic imine (C=N–C) groups is 1. The van der Waals surface area contributed by atoms with Gasteiger partial charge in [0, 0.05) is 11.3 Å². The third kappa shape index (κ3) is 4.30. The molecule has 5 nitrogen and oxygen atoms in total. The van der Waals surface area contributed by atoms with Gasteiger partial charge in [-0.15, -0.1) is 0 Å². The van der Waals surface area contributed by atoms with E-state index in [1.54, 1.807) is 18.2 Å².